The molecule has 142 valence electrons. The maximum atomic E-state index is 12.7. The first kappa shape index (κ1) is 18.8. The van der Waals surface area contributed by atoms with E-state index in [9.17, 15) is 18.0 Å². The molecule has 3 rings (SSSR count). The van der Waals surface area contributed by atoms with Crippen molar-refractivity contribution in [2.75, 3.05) is 25.1 Å². The van der Waals surface area contributed by atoms with Crippen molar-refractivity contribution in [3.05, 3.63) is 47.9 Å². The molecule has 0 radical (unpaired) electrons. The molecular formula is C18H16F3N3O3. The molecule has 0 saturated carbocycles. The van der Waals surface area contributed by atoms with Gasteiger partial charge in [-0.3, -0.25) is 4.79 Å². The number of halogens is 3. The number of benzene rings is 1. The standard InChI is InChI=1S/C18H16F3N3O3/c19-18(20,21)11-27-16-13(12-4-8-26-9-5-12)2-1-3-14(16)24-17-15(10-25)22-6-7-23-17/h1-4,6-7,10H,5,8-9,11H2,(H,23,24). The van der Waals surface area contributed by atoms with E-state index in [1.165, 1.54) is 12.4 Å². The summed E-state index contributed by atoms with van der Waals surface area (Å²) in [6, 6.07) is 4.93. The average Bonchev–Trinajstić information content (AvgIpc) is 2.67. The summed E-state index contributed by atoms with van der Waals surface area (Å²) in [7, 11) is 0. The molecule has 0 unspecified atom stereocenters. The van der Waals surface area contributed by atoms with Crippen LogP contribution in [0.1, 0.15) is 22.5 Å². The number of alkyl halides is 3. The van der Waals surface area contributed by atoms with Gasteiger partial charge in [-0.15, -0.1) is 0 Å². The maximum absolute atomic E-state index is 12.7. The van der Waals surface area contributed by atoms with Gasteiger partial charge in [0.2, 0.25) is 0 Å². The fraction of sp³-hybridized carbons (Fsp3) is 0.278. The normalized spacial score (nSPS) is 14.4. The van der Waals surface area contributed by atoms with Crippen LogP contribution in [0, 0.1) is 0 Å². The molecule has 1 aromatic heterocycles. The molecule has 0 atom stereocenters. The molecule has 0 fully saturated rings. The van der Waals surface area contributed by atoms with Gasteiger partial charge in [-0.25, -0.2) is 9.97 Å². The van der Waals surface area contributed by atoms with Crippen molar-refractivity contribution in [2.24, 2.45) is 0 Å². The molecule has 0 bridgehead atoms. The van der Waals surface area contributed by atoms with E-state index in [4.69, 9.17) is 9.47 Å². The monoisotopic (exact) mass is 379 g/mol. The van der Waals surface area contributed by atoms with Crippen LogP contribution in [0.4, 0.5) is 24.7 Å². The van der Waals surface area contributed by atoms with Gasteiger partial charge in [-0.1, -0.05) is 18.2 Å². The zero-order valence-electron chi connectivity index (χ0n) is 14.1. The van der Waals surface area contributed by atoms with E-state index >= 15 is 0 Å². The first-order valence-electron chi connectivity index (χ1n) is 8.11. The van der Waals surface area contributed by atoms with Crippen molar-refractivity contribution in [1.82, 2.24) is 9.97 Å². The van der Waals surface area contributed by atoms with Gasteiger partial charge in [0.15, 0.2) is 24.5 Å². The van der Waals surface area contributed by atoms with E-state index in [1.54, 1.807) is 18.2 Å². The van der Waals surface area contributed by atoms with Crippen LogP contribution < -0.4 is 10.1 Å². The molecule has 0 amide bonds. The van der Waals surface area contributed by atoms with Gasteiger partial charge in [-0.05, 0) is 18.1 Å². The fourth-order valence-corrected chi connectivity index (χ4v) is 2.63. The number of hydrogen-bond acceptors (Lipinski definition) is 6. The van der Waals surface area contributed by atoms with E-state index < -0.39 is 12.8 Å². The maximum Gasteiger partial charge on any atom is 0.422 e. The summed E-state index contributed by atoms with van der Waals surface area (Å²) in [4.78, 5) is 19.0. The Bertz CT molecular complexity index is 853. The molecule has 0 aliphatic carbocycles. The second kappa shape index (κ2) is 8.17. The SMILES string of the molecule is O=Cc1nccnc1Nc1cccc(C2=CCOCC2)c1OCC(F)(F)F. The highest BCUT2D eigenvalue weighted by Gasteiger charge is 2.30. The Labute approximate surface area is 153 Å². The zero-order chi connectivity index (χ0) is 19.3. The summed E-state index contributed by atoms with van der Waals surface area (Å²) >= 11 is 0. The molecule has 2 aromatic rings. The van der Waals surface area contributed by atoms with E-state index in [0.29, 0.717) is 31.5 Å². The topological polar surface area (TPSA) is 73.3 Å². The van der Waals surface area contributed by atoms with Crippen LogP contribution in [0.15, 0.2) is 36.7 Å². The van der Waals surface area contributed by atoms with Crippen molar-refractivity contribution in [2.45, 2.75) is 12.6 Å². The molecule has 0 spiro atoms. The van der Waals surface area contributed by atoms with E-state index in [1.807, 2.05) is 6.08 Å². The third kappa shape index (κ3) is 4.82. The number of aromatic nitrogens is 2. The number of nitrogens with zero attached hydrogens (tertiary/aromatic N) is 2. The van der Waals surface area contributed by atoms with Crippen LogP contribution in [0.25, 0.3) is 5.57 Å². The Hall–Kier alpha value is -2.94. The van der Waals surface area contributed by atoms with Crippen LogP contribution in [0.2, 0.25) is 0 Å². The highest BCUT2D eigenvalue weighted by Crippen LogP contribution is 2.38. The number of nitrogens with one attached hydrogen (secondary N) is 1. The second-order valence-electron chi connectivity index (χ2n) is 5.67. The second-order valence-corrected chi connectivity index (χ2v) is 5.67. The highest BCUT2D eigenvalue weighted by molar-refractivity contribution is 5.84. The minimum atomic E-state index is -4.49. The van der Waals surface area contributed by atoms with Gasteiger partial charge in [0, 0.05) is 18.0 Å². The smallest absolute Gasteiger partial charge is 0.422 e. The van der Waals surface area contributed by atoms with E-state index in [-0.39, 0.29) is 22.9 Å². The number of anilines is 2. The molecule has 9 heteroatoms. The molecular weight excluding hydrogens is 363 g/mol. The largest absolute Gasteiger partial charge is 0.481 e. The first-order chi connectivity index (χ1) is 13.0. The third-order valence-electron chi connectivity index (χ3n) is 3.80. The Morgan fingerprint density at radius 1 is 1.26 bits per heavy atom. The number of rotatable bonds is 6. The van der Waals surface area contributed by atoms with E-state index in [0.717, 1.165) is 5.57 Å². The van der Waals surface area contributed by atoms with Crippen molar-refractivity contribution in [3.8, 4) is 5.75 Å². The Balaban J connectivity index is 2.01. The molecule has 1 aliphatic heterocycles. The van der Waals surface area contributed by atoms with Gasteiger partial charge >= 0.3 is 6.18 Å². The highest BCUT2D eigenvalue weighted by atomic mass is 19.4. The van der Waals surface area contributed by atoms with Gasteiger partial charge in [0.05, 0.1) is 18.9 Å². The van der Waals surface area contributed by atoms with Crippen LogP contribution in [0.5, 0.6) is 5.75 Å². The number of ether oxygens (including phenoxy) is 2. The third-order valence-corrected chi connectivity index (χ3v) is 3.80. The minimum Gasteiger partial charge on any atom is -0.481 e. The molecule has 0 saturated heterocycles. The van der Waals surface area contributed by atoms with Crippen molar-refractivity contribution in [3.63, 3.8) is 0 Å². The zero-order valence-corrected chi connectivity index (χ0v) is 14.1. The quantitative estimate of drug-likeness (QED) is 0.770. The number of para-hydroxylation sites is 1. The lowest BCUT2D eigenvalue weighted by Crippen LogP contribution is -2.20. The molecule has 6 nitrogen and oxygen atoms in total. The van der Waals surface area contributed by atoms with Crippen LogP contribution in [-0.4, -0.2) is 42.3 Å². The van der Waals surface area contributed by atoms with Crippen LogP contribution in [0.3, 0.4) is 0 Å². The summed E-state index contributed by atoms with van der Waals surface area (Å²) in [6.45, 7) is -0.587. The average molecular weight is 379 g/mol. The first-order valence-corrected chi connectivity index (χ1v) is 8.11. The van der Waals surface area contributed by atoms with Gasteiger partial charge in [0.25, 0.3) is 0 Å². The summed E-state index contributed by atoms with van der Waals surface area (Å²) in [5, 5.41) is 2.85. The molecule has 27 heavy (non-hydrogen) atoms. The lowest BCUT2D eigenvalue weighted by atomic mass is 9.99. The fourth-order valence-electron chi connectivity index (χ4n) is 2.63. The van der Waals surface area contributed by atoms with E-state index in [2.05, 4.69) is 15.3 Å². The number of carbonyl (C=O) groups is 1. The Morgan fingerprint density at radius 2 is 2.07 bits per heavy atom. The molecule has 2 heterocycles. The number of hydrogen-bond donors (Lipinski definition) is 1. The van der Waals surface area contributed by atoms with Crippen molar-refractivity contribution in [1.29, 1.82) is 0 Å². The summed E-state index contributed by atoms with van der Waals surface area (Å²) in [5.41, 5.74) is 1.66. The van der Waals surface area contributed by atoms with Gasteiger partial charge < -0.3 is 14.8 Å². The number of carbonyl (C=O) groups excluding carboxylic acids is 1. The van der Waals surface area contributed by atoms with Crippen LogP contribution >= 0.6 is 0 Å². The van der Waals surface area contributed by atoms with Gasteiger partial charge in [-0.2, -0.15) is 13.2 Å². The summed E-state index contributed by atoms with van der Waals surface area (Å²) < 4.78 is 48.6. The molecule has 1 aliphatic rings. The molecule has 1 N–H and O–H groups in total. The molecule has 1 aromatic carbocycles. The van der Waals surface area contributed by atoms with Crippen LogP contribution in [-0.2, 0) is 4.74 Å². The lowest BCUT2D eigenvalue weighted by molar-refractivity contribution is -0.153. The lowest BCUT2D eigenvalue weighted by Gasteiger charge is -2.21. The predicted octanol–water partition coefficient (Wildman–Crippen LogP) is 3.78. The predicted molar refractivity (Wildman–Crippen MR) is 92.1 cm³/mol. The Kier molecular flexibility index (Phi) is 5.70. The van der Waals surface area contributed by atoms with Crippen molar-refractivity contribution >= 4 is 23.4 Å². The number of aldehydes is 1. The Morgan fingerprint density at radius 3 is 2.78 bits per heavy atom. The summed E-state index contributed by atoms with van der Waals surface area (Å²) in [5.74, 6) is 0.160. The summed E-state index contributed by atoms with van der Waals surface area (Å²) in [6.07, 6.45) is 1.10. The van der Waals surface area contributed by atoms with Gasteiger partial charge in [0.1, 0.15) is 5.69 Å². The minimum absolute atomic E-state index is 0.0328. The van der Waals surface area contributed by atoms with Crippen molar-refractivity contribution < 1.29 is 27.4 Å².